The van der Waals surface area contributed by atoms with Crippen LogP contribution in [0.25, 0.3) is 21.9 Å². The van der Waals surface area contributed by atoms with Gasteiger partial charge in [-0.1, -0.05) is 18.2 Å². The normalized spacial score (nSPS) is 11.0. The van der Waals surface area contributed by atoms with E-state index in [0.717, 1.165) is 33.4 Å². The molecule has 0 amide bonds. The van der Waals surface area contributed by atoms with Gasteiger partial charge in [0.05, 0.1) is 7.11 Å². The zero-order valence-electron chi connectivity index (χ0n) is 14.5. The number of carbonyl (C=O) groups is 1. The Morgan fingerprint density at radius 3 is 2.54 bits per heavy atom. The van der Waals surface area contributed by atoms with Crippen LogP contribution < -0.4 is 10.1 Å². The first-order valence-corrected chi connectivity index (χ1v) is 8.57. The molecule has 4 nitrogen and oxygen atoms in total. The van der Waals surface area contributed by atoms with Gasteiger partial charge in [-0.05, 0) is 48.5 Å². The maximum atomic E-state index is 12.5. The van der Waals surface area contributed by atoms with Crippen LogP contribution in [-0.2, 0) is 0 Å². The Kier molecular flexibility index (Phi) is 4.32. The maximum Gasteiger partial charge on any atom is 0.164 e. The molecular formula is C22H19NO3. The fraction of sp³-hybridized carbons (Fsp3) is 0.136. The van der Waals surface area contributed by atoms with Gasteiger partial charge in [-0.2, -0.15) is 0 Å². The first kappa shape index (κ1) is 16.2. The van der Waals surface area contributed by atoms with Crippen molar-refractivity contribution >= 4 is 33.4 Å². The van der Waals surface area contributed by atoms with Crippen LogP contribution in [0.5, 0.6) is 5.75 Å². The van der Waals surface area contributed by atoms with Crippen LogP contribution in [0, 0.1) is 0 Å². The SMILES string of the molecule is COc1ccc(NCCC(=O)c2ccc3oc4ccccc4c3c2)cc1. The molecule has 0 saturated heterocycles. The molecule has 1 aromatic heterocycles. The zero-order valence-corrected chi connectivity index (χ0v) is 14.5. The van der Waals surface area contributed by atoms with Gasteiger partial charge in [0.1, 0.15) is 16.9 Å². The largest absolute Gasteiger partial charge is 0.497 e. The van der Waals surface area contributed by atoms with E-state index in [1.165, 1.54) is 0 Å². The van der Waals surface area contributed by atoms with Crippen LogP contribution in [0.15, 0.2) is 71.1 Å². The smallest absolute Gasteiger partial charge is 0.164 e. The van der Waals surface area contributed by atoms with E-state index in [1.54, 1.807) is 7.11 Å². The lowest BCUT2D eigenvalue weighted by Crippen LogP contribution is -2.08. The Balaban J connectivity index is 1.46. The highest BCUT2D eigenvalue weighted by Gasteiger charge is 2.11. The summed E-state index contributed by atoms with van der Waals surface area (Å²) >= 11 is 0. The number of benzene rings is 3. The summed E-state index contributed by atoms with van der Waals surface area (Å²) in [7, 11) is 1.64. The number of fused-ring (bicyclic) bond motifs is 3. The van der Waals surface area contributed by atoms with Gasteiger partial charge in [-0.15, -0.1) is 0 Å². The van der Waals surface area contributed by atoms with E-state index < -0.39 is 0 Å². The van der Waals surface area contributed by atoms with Gasteiger partial charge in [0, 0.05) is 35.0 Å². The first-order chi connectivity index (χ1) is 12.7. The van der Waals surface area contributed by atoms with Crippen LogP contribution in [0.4, 0.5) is 5.69 Å². The van der Waals surface area contributed by atoms with Gasteiger partial charge in [0.15, 0.2) is 5.78 Å². The van der Waals surface area contributed by atoms with Crippen LogP contribution in [0.1, 0.15) is 16.8 Å². The van der Waals surface area contributed by atoms with Gasteiger partial charge in [0.25, 0.3) is 0 Å². The average molecular weight is 345 g/mol. The highest BCUT2D eigenvalue weighted by molar-refractivity contribution is 6.08. The summed E-state index contributed by atoms with van der Waals surface area (Å²) in [5.41, 5.74) is 3.32. The number of hydrogen-bond donors (Lipinski definition) is 1. The van der Waals surface area contributed by atoms with Crippen molar-refractivity contribution in [3.8, 4) is 5.75 Å². The minimum Gasteiger partial charge on any atom is -0.497 e. The number of ketones is 1. The lowest BCUT2D eigenvalue weighted by molar-refractivity contribution is 0.0986. The number of rotatable bonds is 6. The second-order valence-electron chi connectivity index (χ2n) is 6.14. The van der Waals surface area contributed by atoms with Crippen molar-refractivity contribution in [1.82, 2.24) is 0 Å². The van der Waals surface area contributed by atoms with Gasteiger partial charge in [-0.25, -0.2) is 0 Å². The molecule has 0 aliphatic rings. The number of furan rings is 1. The quantitative estimate of drug-likeness (QED) is 0.483. The Labute approximate surface area is 151 Å². The number of carbonyl (C=O) groups excluding carboxylic acids is 1. The molecule has 0 atom stereocenters. The van der Waals surface area contributed by atoms with Crippen molar-refractivity contribution in [2.45, 2.75) is 6.42 Å². The summed E-state index contributed by atoms with van der Waals surface area (Å²) in [4.78, 5) is 12.5. The van der Waals surface area contributed by atoms with E-state index in [2.05, 4.69) is 5.32 Å². The van der Waals surface area contributed by atoms with Gasteiger partial charge in [0.2, 0.25) is 0 Å². The number of hydrogen-bond acceptors (Lipinski definition) is 4. The number of para-hydroxylation sites is 1. The number of nitrogens with one attached hydrogen (secondary N) is 1. The number of anilines is 1. The molecule has 0 aliphatic heterocycles. The molecule has 0 unspecified atom stereocenters. The molecule has 4 aromatic rings. The Hall–Kier alpha value is -3.27. The van der Waals surface area contributed by atoms with Gasteiger partial charge in [-0.3, -0.25) is 4.79 Å². The van der Waals surface area contributed by atoms with Crippen molar-refractivity contribution in [1.29, 1.82) is 0 Å². The predicted molar refractivity (Wildman–Crippen MR) is 104 cm³/mol. The van der Waals surface area contributed by atoms with Crippen LogP contribution in [0.2, 0.25) is 0 Å². The molecule has 0 bridgehead atoms. The molecule has 3 aromatic carbocycles. The van der Waals surface area contributed by atoms with Crippen molar-refractivity contribution in [2.75, 3.05) is 19.0 Å². The third-order valence-electron chi connectivity index (χ3n) is 4.47. The molecule has 1 N–H and O–H groups in total. The molecule has 0 spiro atoms. The maximum absolute atomic E-state index is 12.5. The minimum atomic E-state index is 0.109. The summed E-state index contributed by atoms with van der Waals surface area (Å²) in [6.07, 6.45) is 0.424. The predicted octanol–water partition coefficient (Wildman–Crippen LogP) is 5.28. The van der Waals surface area contributed by atoms with Gasteiger partial charge < -0.3 is 14.5 Å². The minimum absolute atomic E-state index is 0.109. The molecule has 1 heterocycles. The number of ether oxygens (including phenoxy) is 1. The summed E-state index contributed by atoms with van der Waals surface area (Å²) in [6.45, 7) is 0.579. The third kappa shape index (κ3) is 3.14. The fourth-order valence-corrected chi connectivity index (χ4v) is 3.07. The topological polar surface area (TPSA) is 51.5 Å². The van der Waals surface area contributed by atoms with E-state index in [-0.39, 0.29) is 5.78 Å². The second-order valence-corrected chi connectivity index (χ2v) is 6.14. The summed E-state index contributed by atoms with van der Waals surface area (Å²) in [6, 6.07) is 21.2. The van der Waals surface area contributed by atoms with E-state index >= 15 is 0 Å². The summed E-state index contributed by atoms with van der Waals surface area (Å²) < 4.78 is 11.0. The van der Waals surface area contributed by atoms with Crippen molar-refractivity contribution in [3.63, 3.8) is 0 Å². The van der Waals surface area contributed by atoms with Crippen molar-refractivity contribution < 1.29 is 13.9 Å². The average Bonchev–Trinajstić information content (AvgIpc) is 3.06. The molecular weight excluding hydrogens is 326 g/mol. The van der Waals surface area contributed by atoms with Crippen molar-refractivity contribution in [3.05, 3.63) is 72.3 Å². The summed E-state index contributed by atoms with van der Waals surface area (Å²) in [5.74, 6) is 0.922. The van der Waals surface area contributed by atoms with Crippen LogP contribution >= 0.6 is 0 Å². The summed E-state index contributed by atoms with van der Waals surface area (Å²) in [5, 5.41) is 5.28. The standard InChI is InChI=1S/C22H19NO3/c1-25-17-9-7-16(8-10-17)23-13-12-20(24)15-6-11-22-19(14-15)18-4-2-3-5-21(18)26-22/h2-11,14,23H,12-13H2,1H3. The van der Waals surface area contributed by atoms with E-state index in [1.807, 2.05) is 66.7 Å². The number of methoxy groups -OCH3 is 1. The van der Waals surface area contributed by atoms with Gasteiger partial charge >= 0.3 is 0 Å². The molecule has 4 rings (SSSR count). The Morgan fingerprint density at radius 2 is 1.73 bits per heavy atom. The fourth-order valence-electron chi connectivity index (χ4n) is 3.07. The molecule has 0 aliphatic carbocycles. The monoisotopic (exact) mass is 345 g/mol. The first-order valence-electron chi connectivity index (χ1n) is 8.57. The molecule has 0 fully saturated rings. The Morgan fingerprint density at radius 1 is 0.962 bits per heavy atom. The molecule has 26 heavy (non-hydrogen) atoms. The molecule has 0 radical (unpaired) electrons. The van der Waals surface area contributed by atoms with E-state index in [9.17, 15) is 4.79 Å². The zero-order chi connectivity index (χ0) is 17.9. The number of Topliss-reactive ketones (excluding diaryl/α,β-unsaturated/α-hetero) is 1. The lowest BCUT2D eigenvalue weighted by Gasteiger charge is -2.07. The highest BCUT2D eigenvalue weighted by atomic mass is 16.5. The highest BCUT2D eigenvalue weighted by Crippen LogP contribution is 2.29. The molecule has 130 valence electrons. The van der Waals surface area contributed by atoms with E-state index in [4.69, 9.17) is 9.15 Å². The lowest BCUT2D eigenvalue weighted by atomic mass is 10.0. The molecule has 0 saturated carbocycles. The van der Waals surface area contributed by atoms with Crippen LogP contribution in [0.3, 0.4) is 0 Å². The Bertz CT molecular complexity index is 1060. The van der Waals surface area contributed by atoms with Crippen LogP contribution in [-0.4, -0.2) is 19.4 Å². The second kappa shape index (κ2) is 6.92. The molecule has 4 heteroatoms. The van der Waals surface area contributed by atoms with E-state index in [0.29, 0.717) is 18.5 Å². The third-order valence-corrected chi connectivity index (χ3v) is 4.47. The van der Waals surface area contributed by atoms with Crippen molar-refractivity contribution in [2.24, 2.45) is 0 Å².